The number of hydrogen-bond donors (Lipinski definition) is 0. The smallest absolute Gasteiger partial charge is 0.282 e. The van der Waals surface area contributed by atoms with Gasteiger partial charge in [-0.05, 0) is 49.2 Å². The van der Waals surface area contributed by atoms with E-state index < -0.39 is 0 Å². The number of aromatic nitrogens is 2. The van der Waals surface area contributed by atoms with Crippen molar-refractivity contribution in [2.75, 3.05) is 19.0 Å². The molecule has 3 aromatic carbocycles. The SMILES string of the molecule is CN(C)c1ccc(C=Nn2c(C3CCCCC3)nc3ccc(Br)cc3c2=O)c(OCc2ccccc2Cl)c1. The van der Waals surface area contributed by atoms with E-state index in [0.717, 1.165) is 52.8 Å². The minimum Gasteiger partial charge on any atom is -0.488 e. The fourth-order valence-corrected chi connectivity index (χ4v) is 5.38. The number of rotatable bonds is 7. The summed E-state index contributed by atoms with van der Waals surface area (Å²) in [5.74, 6) is 1.58. The molecule has 0 unspecified atom stereocenters. The van der Waals surface area contributed by atoms with Gasteiger partial charge in [-0.1, -0.05) is 65.0 Å². The van der Waals surface area contributed by atoms with E-state index in [4.69, 9.17) is 26.4 Å². The van der Waals surface area contributed by atoms with Crippen molar-refractivity contribution in [3.8, 4) is 5.75 Å². The summed E-state index contributed by atoms with van der Waals surface area (Å²) in [5.41, 5.74) is 3.18. The van der Waals surface area contributed by atoms with E-state index in [0.29, 0.717) is 28.3 Å². The first-order valence-electron chi connectivity index (χ1n) is 12.8. The van der Waals surface area contributed by atoms with Gasteiger partial charge in [0, 0.05) is 52.4 Å². The van der Waals surface area contributed by atoms with E-state index in [2.05, 4.69) is 15.9 Å². The predicted molar refractivity (Wildman–Crippen MR) is 159 cm³/mol. The molecule has 0 atom stereocenters. The number of hydrogen-bond acceptors (Lipinski definition) is 5. The van der Waals surface area contributed by atoms with Crippen molar-refractivity contribution in [3.63, 3.8) is 0 Å². The molecule has 0 aliphatic heterocycles. The molecule has 6 nitrogen and oxygen atoms in total. The number of ether oxygens (including phenoxy) is 1. The molecule has 38 heavy (non-hydrogen) atoms. The lowest BCUT2D eigenvalue weighted by Gasteiger charge is -2.23. The molecule has 196 valence electrons. The molecule has 0 bridgehead atoms. The minimum atomic E-state index is -0.170. The Morgan fingerprint density at radius 3 is 2.66 bits per heavy atom. The summed E-state index contributed by atoms with van der Waals surface area (Å²) in [6.07, 6.45) is 7.19. The molecule has 4 aromatic rings. The molecule has 1 saturated carbocycles. The van der Waals surface area contributed by atoms with Crippen LogP contribution in [-0.2, 0) is 6.61 Å². The van der Waals surface area contributed by atoms with Gasteiger partial charge in [-0.3, -0.25) is 4.79 Å². The number of anilines is 1. The lowest BCUT2D eigenvalue weighted by molar-refractivity contribution is 0.306. The van der Waals surface area contributed by atoms with Crippen LogP contribution in [0.15, 0.2) is 75.0 Å². The van der Waals surface area contributed by atoms with Crippen LogP contribution in [0.3, 0.4) is 0 Å². The second-order valence-corrected chi connectivity index (χ2v) is 11.1. The van der Waals surface area contributed by atoms with Crippen molar-refractivity contribution >= 4 is 50.3 Å². The topological polar surface area (TPSA) is 59.7 Å². The minimum absolute atomic E-state index is 0.170. The number of halogens is 2. The Morgan fingerprint density at radius 1 is 1.11 bits per heavy atom. The molecule has 1 aliphatic carbocycles. The van der Waals surface area contributed by atoms with E-state index in [1.165, 1.54) is 11.1 Å². The summed E-state index contributed by atoms with van der Waals surface area (Å²) in [6, 6.07) is 19.2. The van der Waals surface area contributed by atoms with Gasteiger partial charge in [-0.25, -0.2) is 4.98 Å². The molecule has 1 aliphatic rings. The van der Waals surface area contributed by atoms with E-state index in [-0.39, 0.29) is 11.5 Å². The Labute approximate surface area is 236 Å². The van der Waals surface area contributed by atoms with Gasteiger partial charge in [-0.15, -0.1) is 0 Å². The van der Waals surface area contributed by atoms with Crippen molar-refractivity contribution in [2.45, 2.75) is 44.6 Å². The quantitative estimate of drug-likeness (QED) is 0.210. The third kappa shape index (κ3) is 5.79. The van der Waals surface area contributed by atoms with E-state index in [9.17, 15) is 4.79 Å². The van der Waals surface area contributed by atoms with Crippen molar-refractivity contribution in [2.24, 2.45) is 5.10 Å². The van der Waals surface area contributed by atoms with Crippen molar-refractivity contribution in [1.29, 1.82) is 0 Å². The lowest BCUT2D eigenvalue weighted by Crippen LogP contribution is -2.25. The van der Waals surface area contributed by atoms with Crippen molar-refractivity contribution in [3.05, 3.63) is 97.5 Å². The molecule has 1 fully saturated rings. The van der Waals surface area contributed by atoms with Crippen LogP contribution in [0.1, 0.15) is 55.0 Å². The third-order valence-corrected chi connectivity index (χ3v) is 7.83. The molecule has 0 amide bonds. The van der Waals surface area contributed by atoms with E-state index in [1.54, 1.807) is 6.21 Å². The maximum atomic E-state index is 13.7. The average Bonchev–Trinajstić information content (AvgIpc) is 2.93. The molecule has 0 saturated heterocycles. The molecule has 8 heteroatoms. The number of fused-ring (bicyclic) bond motifs is 1. The summed E-state index contributed by atoms with van der Waals surface area (Å²) >= 11 is 9.84. The van der Waals surface area contributed by atoms with Gasteiger partial charge in [0.15, 0.2) is 0 Å². The van der Waals surface area contributed by atoms with Gasteiger partial charge in [0.05, 0.1) is 17.1 Å². The molecular formula is C30H30BrClN4O2. The normalized spacial score (nSPS) is 14.3. The van der Waals surface area contributed by atoms with Crippen LogP contribution in [0.5, 0.6) is 5.75 Å². The fraction of sp³-hybridized carbons (Fsp3) is 0.300. The van der Waals surface area contributed by atoms with Crippen LogP contribution in [0.25, 0.3) is 10.9 Å². The standard InChI is InChI=1S/C30H30BrClN4O2/c1-35(2)24-14-12-21(28(17-24)38-19-22-10-6-7-11-26(22)32)18-33-36-29(20-8-4-3-5-9-20)34-27-15-13-23(31)16-25(27)30(36)37/h6-7,10-18,20H,3-5,8-9,19H2,1-2H3. The molecule has 0 spiro atoms. The summed E-state index contributed by atoms with van der Waals surface area (Å²) < 4.78 is 8.56. The first-order valence-corrected chi connectivity index (χ1v) is 14.0. The number of nitrogens with zero attached hydrogens (tertiary/aromatic N) is 4. The highest BCUT2D eigenvalue weighted by molar-refractivity contribution is 9.10. The highest BCUT2D eigenvalue weighted by Crippen LogP contribution is 2.32. The van der Waals surface area contributed by atoms with Crippen LogP contribution in [0, 0.1) is 0 Å². The van der Waals surface area contributed by atoms with Gasteiger partial charge >= 0.3 is 0 Å². The lowest BCUT2D eigenvalue weighted by atomic mass is 9.88. The van der Waals surface area contributed by atoms with E-state index in [1.807, 2.05) is 79.7 Å². The maximum absolute atomic E-state index is 13.7. The molecule has 1 heterocycles. The first-order chi connectivity index (χ1) is 18.4. The Balaban J connectivity index is 1.56. The molecule has 5 rings (SSSR count). The zero-order chi connectivity index (χ0) is 26.6. The Kier molecular flexibility index (Phi) is 8.15. The van der Waals surface area contributed by atoms with Gasteiger partial charge < -0.3 is 9.64 Å². The fourth-order valence-electron chi connectivity index (χ4n) is 4.83. The first kappa shape index (κ1) is 26.4. The van der Waals surface area contributed by atoms with Gasteiger partial charge in [-0.2, -0.15) is 9.78 Å². The van der Waals surface area contributed by atoms with E-state index >= 15 is 0 Å². The summed E-state index contributed by atoms with van der Waals surface area (Å²) in [7, 11) is 3.96. The Hall–Kier alpha value is -3.16. The maximum Gasteiger partial charge on any atom is 0.282 e. The second-order valence-electron chi connectivity index (χ2n) is 9.82. The molecule has 1 aromatic heterocycles. The van der Waals surface area contributed by atoms with Crippen LogP contribution in [0.2, 0.25) is 5.02 Å². The predicted octanol–water partition coefficient (Wildman–Crippen LogP) is 7.39. The van der Waals surface area contributed by atoms with Crippen LogP contribution >= 0.6 is 27.5 Å². The van der Waals surface area contributed by atoms with Gasteiger partial charge in [0.2, 0.25) is 0 Å². The van der Waals surface area contributed by atoms with Crippen LogP contribution in [0.4, 0.5) is 5.69 Å². The van der Waals surface area contributed by atoms with Crippen LogP contribution in [-0.4, -0.2) is 30.0 Å². The largest absolute Gasteiger partial charge is 0.488 e. The highest BCUT2D eigenvalue weighted by Gasteiger charge is 2.22. The monoisotopic (exact) mass is 592 g/mol. The zero-order valence-corrected chi connectivity index (χ0v) is 23.9. The van der Waals surface area contributed by atoms with Crippen molar-refractivity contribution in [1.82, 2.24) is 9.66 Å². The highest BCUT2D eigenvalue weighted by atomic mass is 79.9. The molecule has 0 N–H and O–H groups in total. The third-order valence-electron chi connectivity index (χ3n) is 6.97. The zero-order valence-electron chi connectivity index (χ0n) is 21.5. The number of benzene rings is 3. The summed E-state index contributed by atoms with van der Waals surface area (Å²) in [5, 5.41) is 5.91. The van der Waals surface area contributed by atoms with Gasteiger partial charge in [0.1, 0.15) is 18.2 Å². The molecular weight excluding hydrogens is 564 g/mol. The summed E-state index contributed by atoms with van der Waals surface area (Å²) in [4.78, 5) is 20.6. The Bertz CT molecular complexity index is 1540. The average molecular weight is 594 g/mol. The molecule has 0 radical (unpaired) electrons. The Morgan fingerprint density at radius 2 is 1.89 bits per heavy atom. The van der Waals surface area contributed by atoms with Gasteiger partial charge in [0.25, 0.3) is 5.56 Å². The van der Waals surface area contributed by atoms with Crippen LogP contribution < -0.4 is 15.2 Å². The van der Waals surface area contributed by atoms with Crippen molar-refractivity contribution < 1.29 is 4.74 Å². The summed E-state index contributed by atoms with van der Waals surface area (Å²) in [6.45, 7) is 0.316. The second kappa shape index (κ2) is 11.7.